The van der Waals surface area contributed by atoms with Gasteiger partial charge in [-0.05, 0) is 31.5 Å². The number of nitro groups is 1. The molecular weight excluding hydrogens is 326 g/mol. The number of benzene rings is 1. The zero-order chi connectivity index (χ0) is 18.0. The molecule has 8 heteroatoms. The Balaban J connectivity index is 1.71. The van der Waals surface area contributed by atoms with Gasteiger partial charge in [-0.15, -0.1) is 0 Å². The summed E-state index contributed by atoms with van der Waals surface area (Å²) in [5, 5.41) is 14.9. The van der Waals surface area contributed by atoms with Gasteiger partial charge in [0.05, 0.1) is 4.92 Å². The summed E-state index contributed by atoms with van der Waals surface area (Å²) in [6, 6.07) is 5.51. The van der Waals surface area contributed by atoms with Crippen molar-refractivity contribution >= 4 is 17.7 Å². The Morgan fingerprint density at radius 1 is 1.28 bits per heavy atom. The van der Waals surface area contributed by atoms with Crippen LogP contribution in [0, 0.1) is 24.0 Å². The Hall–Kier alpha value is -3.42. The molecule has 0 saturated carbocycles. The van der Waals surface area contributed by atoms with Crippen LogP contribution in [0.15, 0.2) is 36.4 Å². The normalized spacial score (nSPS) is 13.0. The fourth-order valence-corrected chi connectivity index (χ4v) is 2.51. The van der Waals surface area contributed by atoms with Crippen LogP contribution in [-0.2, 0) is 0 Å². The van der Waals surface area contributed by atoms with Gasteiger partial charge in [0.25, 0.3) is 5.91 Å². The molecule has 1 aliphatic rings. The van der Waals surface area contributed by atoms with Gasteiger partial charge in [0.2, 0.25) is 6.79 Å². The largest absolute Gasteiger partial charge is 0.454 e. The minimum absolute atomic E-state index is 0.141. The van der Waals surface area contributed by atoms with E-state index in [4.69, 9.17) is 9.47 Å². The van der Waals surface area contributed by atoms with Crippen molar-refractivity contribution < 1.29 is 19.2 Å². The molecule has 1 aromatic heterocycles. The first-order valence-electron chi connectivity index (χ1n) is 7.46. The molecule has 0 atom stereocenters. The molecular formula is C17H15N3O5. The summed E-state index contributed by atoms with van der Waals surface area (Å²) in [6.07, 6.45) is 6.34. The van der Waals surface area contributed by atoms with E-state index < -0.39 is 10.8 Å². The van der Waals surface area contributed by atoms with E-state index in [1.54, 1.807) is 18.2 Å². The van der Waals surface area contributed by atoms with E-state index in [0.717, 1.165) is 10.2 Å². The average molecular weight is 341 g/mol. The highest BCUT2D eigenvalue weighted by atomic mass is 16.7. The monoisotopic (exact) mass is 341 g/mol. The molecule has 25 heavy (non-hydrogen) atoms. The minimum atomic E-state index is -0.537. The number of allylic oxidation sites excluding steroid dienone is 3. The van der Waals surface area contributed by atoms with Gasteiger partial charge in [0.1, 0.15) is 11.4 Å². The first kappa shape index (κ1) is 16.4. The third-order valence-corrected chi connectivity index (χ3v) is 3.68. The molecule has 2 aromatic rings. The first-order valence-corrected chi connectivity index (χ1v) is 7.46. The van der Waals surface area contributed by atoms with Crippen LogP contribution in [0.5, 0.6) is 11.5 Å². The van der Waals surface area contributed by atoms with Crippen LogP contribution in [0.3, 0.4) is 0 Å². The zero-order valence-electron chi connectivity index (χ0n) is 13.6. The van der Waals surface area contributed by atoms with Gasteiger partial charge in [0, 0.05) is 6.08 Å². The maximum atomic E-state index is 12.1. The molecule has 0 saturated heterocycles. The Bertz CT molecular complexity index is 911. The summed E-state index contributed by atoms with van der Waals surface area (Å²) in [6.45, 7) is 3.20. The molecule has 3 rings (SSSR count). The van der Waals surface area contributed by atoms with E-state index in [1.165, 1.54) is 19.9 Å². The van der Waals surface area contributed by atoms with Gasteiger partial charge in [-0.3, -0.25) is 14.9 Å². The fraction of sp³-hybridized carbons (Fsp3) is 0.176. The number of carbonyl (C=O) groups is 1. The van der Waals surface area contributed by atoms with Crippen LogP contribution >= 0.6 is 0 Å². The number of hydrogen-bond donors (Lipinski definition) is 0. The lowest BCUT2D eigenvalue weighted by molar-refractivity contribution is -0.386. The quantitative estimate of drug-likeness (QED) is 0.367. The van der Waals surface area contributed by atoms with Crippen LogP contribution < -0.4 is 9.47 Å². The number of rotatable bonds is 4. The smallest absolute Gasteiger partial charge is 0.313 e. The number of aromatic nitrogens is 2. The number of fused-ring (bicyclic) bond motifs is 1. The summed E-state index contributed by atoms with van der Waals surface area (Å²) < 4.78 is 11.6. The summed E-state index contributed by atoms with van der Waals surface area (Å²) in [4.78, 5) is 22.6. The summed E-state index contributed by atoms with van der Waals surface area (Å²) in [5.41, 5.74) is 1.16. The highest BCUT2D eigenvalue weighted by Crippen LogP contribution is 2.32. The predicted octanol–water partition coefficient (Wildman–Crippen LogP) is 3.05. The molecule has 8 nitrogen and oxygen atoms in total. The zero-order valence-corrected chi connectivity index (χ0v) is 13.6. The molecule has 0 fully saturated rings. The van der Waals surface area contributed by atoms with Crippen molar-refractivity contribution in [1.82, 2.24) is 9.78 Å². The molecule has 1 aliphatic heterocycles. The average Bonchev–Trinajstić information content (AvgIpc) is 3.14. The van der Waals surface area contributed by atoms with Crippen LogP contribution in [0.2, 0.25) is 0 Å². The van der Waals surface area contributed by atoms with Crippen molar-refractivity contribution in [3.8, 4) is 11.5 Å². The Kier molecular flexibility index (Phi) is 4.34. The van der Waals surface area contributed by atoms with E-state index in [1.807, 2.05) is 18.2 Å². The lowest BCUT2D eigenvalue weighted by Crippen LogP contribution is -2.11. The van der Waals surface area contributed by atoms with Crippen molar-refractivity contribution in [2.75, 3.05) is 6.79 Å². The van der Waals surface area contributed by atoms with Gasteiger partial charge in [0.15, 0.2) is 11.5 Å². The molecule has 0 aliphatic carbocycles. The first-order chi connectivity index (χ1) is 12.0. The summed E-state index contributed by atoms with van der Waals surface area (Å²) in [5.74, 6) is 0.926. The number of ether oxygens (including phenoxy) is 2. The topological polar surface area (TPSA) is 96.5 Å². The SMILES string of the molecule is Cc1nn(C(=O)C=CC=Cc2ccc3c(c2)OCO3)c(C)c1[N+](=O)[O-]. The van der Waals surface area contributed by atoms with Crippen LogP contribution in [0.4, 0.5) is 5.69 Å². The number of carbonyl (C=O) groups excluding carboxylic acids is 1. The standard InChI is InChI=1S/C17H15N3O5/c1-11-17(20(22)23)12(2)19(18-11)16(21)6-4-3-5-13-7-8-14-15(9-13)25-10-24-14/h3-9H,10H2,1-2H3. The minimum Gasteiger partial charge on any atom is -0.454 e. The Morgan fingerprint density at radius 3 is 2.76 bits per heavy atom. The molecule has 0 radical (unpaired) electrons. The van der Waals surface area contributed by atoms with E-state index in [0.29, 0.717) is 11.5 Å². The predicted molar refractivity (Wildman–Crippen MR) is 89.7 cm³/mol. The Labute approximate surface area is 143 Å². The second-order valence-corrected chi connectivity index (χ2v) is 5.36. The highest BCUT2D eigenvalue weighted by Gasteiger charge is 2.23. The van der Waals surface area contributed by atoms with Gasteiger partial charge < -0.3 is 9.47 Å². The molecule has 1 aromatic carbocycles. The van der Waals surface area contributed by atoms with E-state index in [2.05, 4.69) is 5.10 Å². The van der Waals surface area contributed by atoms with Crippen molar-refractivity contribution in [3.63, 3.8) is 0 Å². The maximum Gasteiger partial charge on any atom is 0.313 e. The number of nitrogens with zero attached hydrogens (tertiary/aromatic N) is 3. The van der Waals surface area contributed by atoms with Crippen LogP contribution in [0.25, 0.3) is 6.08 Å². The second kappa shape index (κ2) is 6.60. The lowest BCUT2D eigenvalue weighted by atomic mass is 10.2. The molecule has 0 spiro atoms. The van der Waals surface area contributed by atoms with E-state index in [9.17, 15) is 14.9 Å². The number of hydrogen-bond acceptors (Lipinski definition) is 6. The van der Waals surface area contributed by atoms with Gasteiger partial charge >= 0.3 is 5.69 Å². The number of aryl methyl sites for hydroxylation is 1. The summed E-state index contributed by atoms with van der Waals surface area (Å²) >= 11 is 0. The molecule has 128 valence electrons. The second-order valence-electron chi connectivity index (χ2n) is 5.36. The molecule has 0 bridgehead atoms. The van der Waals surface area contributed by atoms with Crippen LogP contribution in [0.1, 0.15) is 21.7 Å². The van der Waals surface area contributed by atoms with Crippen molar-refractivity contribution in [1.29, 1.82) is 0 Å². The van der Waals surface area contributed by atoms with Crippen molar-refractivity contribution in [3.05, 3.63) is 63.5 Å². The van der Waals surface area contributed by atoms with Crippen LogP contribution in [-0.4, -0.2) is 27.4 Å². The Morgan fingerprint density at radius 2 is 2.04 bits per heavy atom. The fourth-order valence-electron chi connectivity index (χ4n) is 2.51. The summed E-state index contributed by atoms with van der Waals surface area (Å²) in [7, 11) is 0. The lowest BCUT2D eigenvalue weighted by Gasteiger charge is -1.97. The maximum absolute atomic E-state index is 12.1. The van der Waals surface area contributed by atoms with E-state index >= 15 is 0 Å². The van der Waals surface area contributed by atoms with Crippen molar-refractivity contribution in [2.24, 2.45) is 0 Å². The van der Waals surface area contributed by atoms with Crippen molar-refractivity contribution in [2.45, 2.75) is 13.8 Å². The van der Waals surface area contributed by atoms with Gasteiger partial charge in [-0.1, -0.05) is 24.3 Å². The molecule has 0 amide bonds. The molecule has 0 unspecified atom stereocenters. The third kappa shape index (κ3) is 3.27. The van der Waals surface area contributed by atoms with E-state index in [-0.39, 0.29) is 23.9 Å². The highest BCUT2D eigenvalue weighted by molar-refractivity contribution is 5.90. The molecule has 2 heterocycles. The van der Waals surface area contributed by atoms with Gasteiger partial charge in [-0.25, -0.2) is 0 Å². The van der Waals surface area contributed by atoms with Gasteiger partial charge in [-0.2, -0.15) is 9.78 Å². The molecule has 0 N–H and O–H groups in total. The third-order valence-electron chi connectivity index (χ3n) is 3.68.